The number of rotatable bonds is 12. The maximum Gasteiger partial charge on any atom is 0.234 e. The van der Waals surface area contributed by atoms with Crippen molar-refractivity contribution in [3.63, 3.8) is 0 Å². The van der Waals surface area contributed by atoms with E-state index in [-0.39, 0.29) is 11.8 Å². The van der Waals surface area contributed by atoms with Crippen LogP contribution in [-0.4, -0.2) is 23.3 Å². The van der Waals surface area contributed by atoms with Gasteiger partial charge in [0.1, 0.15) is 0 Å². The molecular weight excluding hydrogens is 565 g/mol. The summed E-state index contributed by atoms with van der Waals surface area (Å²) in [5, 5.41) is 5.94. The molecule has 0 atom stereocenters. The van der Waals surface area contributed by atoms with Crippen molar-refractivity contribution in [2.24, 2.45) is 0 Å². The summed E-state index contributed by atoms with van der Waals surface area (Å²) >= 11 is 4.74. The van der Waals surface area contributed by atoms with Gasteiger partial charge in [0.15, 0.2) is 0 Å². The van der Waals surface area contributed by atoms with Crippen molar-refractivity contribution in [1.82, 2.24) is 0 Å². The van der Waals surface area contributed by atoms with E-state index in [4.69, 9.17) is 0 Å². The van der Waals surface area contributed by atoms with E-state index in [2.05, 4.69) is 111 Å². The highest BCUT2D eigenvalue weighted by Crippen LogP contribution is 2.31. The molecular formula is C34H36N2O2S3. The monoisotopic (exact) mass is 600 g/mol. The van der Waals surface area contributed by atoms with E-state index in [0.717, 1.165) is 31.0 Å². The number of anilines is 2. The van der Waals surface area contributed by atoms with E-state index in [0.29, 0.717) is 23.3 Å². The summed E-state index contributed by atoms with van der Waals surface area (Å²) in [4.78, 5) is 29.1. The Morgan fingerprint density at radius 1 is 0.512 bits per heavy atom. The Kier molecular flexibility index (Phi) is 11.4. The normalized spacial score (nSPS) is 11.1. The lowest BCUT2D eigenvalue weighted by Crippen LogP contribution is -2.13. The van der Waals surface area contributed by atoms with Crippen LogP contribution < -0.4 is 10.6 Å². The molecule has 4 aromatic carbocycles. The first-order chi connectivity index (χ1) is 19.7. The number of amides is 2. The molecule has 0 unspecified atom stereocenters. The van der Waals surface area contributed by atoms with E-state index in [9.17, 15) is 9.59 Å². The molecule has 0 spiro atoms. The zero-order valence-electron chi connectivity index (χ0n) is 23.8. The van der Waals surface area contributed by atoms with Gasteiger partial charge in [-0.15, -0.1) is 23.5 Å². The minimum atomic E-state index is -0.0125. The maximum absolute atomic E-state index is 12.4. The lowest BCUT2D eigenvalue weighted by atomic mass is 10.0. The number of thioether (sulfide) groups is 2. The highest BCUT2D eigenvalue weighted by atomic mass is 32.2. The Hall–Kier alpha value is -3.13. The summed E-state index contributed by atoms with van der Waals surface area (Å²) < 4.78 is 0. The number of carbonyl (C=O) groups is 2. The Bertz CT molecular complexity index is 1310. The number of nitrogens with one attached hydrogen (secondary N) is 2. The van der Waals surface area contributed by atoms with Gasteiger partial charge in [0.25, 0.3) is 0 Å². The van der Waals surface area contributed by atoms with Crippen molar-refractivity contribution in [3.05, 3.63) is 108 Å². The Morgan fingerprint density at radius 3 is 1.15 bits per heavy atom. The third-order valence-corrected chi connectivity index (χ3v) is 9.39. The minimum absolute atomic E-state index is 0.0125. The second-order valence-electron chi connectivity index (χ2n) is 10.3. The molecule has 4 nitrogen and oxygen atoms in total. The van der Waals surface area contributed by atoms with Gasteiger partial charge in [0, 0.05) is 31.0 Å². The third kappa shape index (κ3) is 10.0. The SMILES string of the molecule is CC(C)c1ccc(NC(=O)CSc2ccc(Sc3ccc(SCC(=O)Nc4ccc(C(C)C)cc4)cc3)cc2)cc1. The predicted molar refractivity (Wildman–Crippen MR) is 177 cm³/mol. The quantitative estimate of drug-likeness (QED) is 0.159. The van der Waals surface area contributed by atoms with Crippen molar-refractivity contribution >= 4 is 58.5 Å². The molecule has 4 aromatic rings. The molecule has 4 rings (SSSR count). The first-order valence-electron chi connectivity index (χ1n) is 13.7. The molecule has 2 N–H and O–H groups in total. The summed E-state index contributed by atoms with van der Waals surface area (Å²) in [7, 11) is 0. The van der Waals surface area contributed by atoms with E-state index < -0.39 is 0 Å². The van der Waals surface area contributed by atoms with Gasteiger partial charge in [0.2, 0.25) is 11.8 Å². The number of carbonyl (C=O) groups excluding carboxylic acids is 2. The second-order valence-corrected chi connectivity index (χ2v) is 13.5. The average Bonchev–Trinajstić information content (AvgIpc) is 2.97. The fourth-order valence-electron chi connectivity index (χ4n) is 3.94. The number of hydrogen-bond donors (Lipinski definition) is 2. The smallest absolute Gasteiger partial charge is 0.234 e. The van der Waals surface area contributed by atoms with E-state index >= 15 is 0 Å². The van der Waals surface area contributed by atoms with Crippen molar-refractivity contribution in [3.8, 4) is 0 Å². The van der Waals surface area contributed by atoms with Crippen LogP contribution in [-0.2, 0) is 9.59 Å². The van der Waals surface area contributed by atoms with Gasteiger partial charge in [-0.25, -0.2) is 0 Å². The van der Waals surface area contributed by atoms with E-state index in [1.165, 1.54) is 34.7 Å². The van der Waals surface area contributed by atoms with Gasteiger partial charge in [-0.1, -0.05) is 63.7 Å². The van der Waals surface area contributed by atoms with Gasteiger partial charge in [-0.05, 0) is 95.8 Å². The number of hydrogen-bond acceptors (Lipinski definition) is 5. The molecule has 0 aliphatic carbocycles. The standard InChI is InChI=1S/C34H36N2O2S3/c1-23(2)25-5-9-27(10-6-25)35-33(37)21-39-29-13-17-31(18-14-29)41-32-19-15-30(16-20-32)40-22-34(38)36-28-11-7-26(8-12-28)24(3)4/h5-20,23-24H,21-22H2,1-4H3,(H,35,37)(H,36,38). The molecule has 41 heavy (non-hydrogen) atoms. The zero-order chi connectivity index (χ0) is 29.2. The number of benzene rings is 4. The highest BCUT2D eigenvalue weighted by Gasteiger charge is 2.08. The van der Waals surface area contributed by atoms with Crippen LogP contribution in [0, 0.1) is 0 Å². The molecule has 0 fully saturated rings. The molecule has 7 heteroatoms. The van der Waals surface area contributed by atoms with E-state index in [1.54, 1.807) is 11.8 Å². The van der Waals surface area contributed by atoms with Crippen molar-refractivity contribution < 1.29 is 9.59 Å². The summed E-state index contributed by atoms with van der Waals surface area (Å²) in [6.07, 6.45) is 0. The van der Waals surface area contributed by atoms with Crippen molar-refractivity contribution in [2.75, 3.05) is 22.1 Å². The maximum atomic E-state index is 12.4. The first-order valence-corrected chi connectivity index (χ1v) is 16.5. The van der Waals surface area contributed by atoms with Crippen molar-refractivity contribution in [2.45, 2.75) is 59.1 Å². The Labute approximate surface area is 256 Å². The van der Waals surface area contributed by atoms with Gasteiger partial charge in [-0.3, -0.25) is 9.59 Å². The topological polar surface area (TPSA) is 58.2 Å². The lowest BCUT2D eigenvalue weighted by Gasteiger charge is -2.09. The van der Waals surface area contributed by atoms with Crippen LogP contribution in [0.25, 0.3) is 0 Å². The van der Waals surface area contributed by atoms with Crippen LogP contribution in [0.15, 0.2) is 117 Å². The van der Waals surface area contributed by atoms with Crippen LogP contribution in [0.2, 0.25) is 0 Å². The fraction of sp³-hybridized carbons (Fsp3) is 0.235. The minimum Gasteiger partial charge on any atom is -0.325 e. The van der Waals surface area contributed by atoms with Crippen LogP contribution in [0.1, 0.15) is 50.7 Å². The third-order valence-electron chi connectivity index (χ3n) is 6.35. The Balaban J connectivity index is 1.18. The molecule has 0 radical (unpaired) electrons. The Morgan fingerprint density at radius 2 is 0.829 bits per heavy atom. The summed E-state index contributed by atoms with van der Waals surface area (Å²) in [5.41, 5.74) is 4.17. The largest absolute Gasteiger partial charge is 0.325 e. The summed E-state index contributed by atoms with van der Waals surface area (Å²) in [6, 6.07) is 32.6. The molecule has 0 aliphatic rings. The van der Waals surface area contributed by atoms with Gasteiger partial charge in [-0.2, -0.15) is 0 Å². The molecule has 0 aliphatic heterocycles. The van der Waals surface area contributed by atoms with Gasteiger partial charge < -0.3 is 10.6 Å². The second kappa shape index (κ2) is 15.2. The van der Waals surface area contributed by atoms with Crippen LogP contribution in [0.3, 0.4) is 0 Å². The summed E-state index contributed by atoms with van der Waals surface area (Å²) in [6.45, 7) is 8.62. The zero-order valence-corrected chi connectivity index (χ0v) is 26.3. The van der Waals surface area contributed by atoms with Gasteiger partial charge in [0.05, 0.1) is 11.5 Å². The predicted octanol–water partition coefficient (Wildman–Crippen LogP) is 9.55. The van der Waals surface area contributed by atoms with Crippen LogP contribution >= 0.6 is 35.3 Å². The van der Waals surface area contributed by atoms with Crippen LogP contribution in [0.4, 0.5) is 11.4 Å². The fourth-order valence-corrected chi connectivity index (χ4v) is 6.15. The summed E-state index contributed by atoms with van der Waals surface area (Å²) in [5.74, 6) is 1.64. The average molecular weight is 601 g/mol. The van der Waals surface area contributed by atoms with Crippen LogP contribution in [0.5, 0.6) is 0 Å². The molecule has 0 bridgehead atoms. The molecule has 0 saturated heterocycles. The molecule has 212 valence electrons. The lowest BCUT2D eigenvalue weighted by molar-refractivity contribution is -0.114. The first kappa shape index (κ1) is 30.8. The van der Waals surface area contributed by atoms with Gasteiger partial charge >= 0.3 is 0 Å². The molecule has 0 heterocycles. The highest BCUT2D eigenvalue weighted by molar-refractivity contribution is 8.00. The molecule has 0 saturated carbocycles. The van der Waals surface area contributed by atoms with E-state index in [1.807, 2.05) is 24.3 Å². The molecule has 2 amide bonds. The van der Waals surface area contributed by atoms with Crippen molar-refractivity contribution in [1.29, 1.82) is 0 Å². The molecule has 0 aromatic heterocycles.